The molecule has 29 heavy (non-hydrogen) atoms. The number of nitrogens with one attached hydrogen (secondary N) is 3. The standard InChI is InChI=1S/C21H22F3N3O2/c1-12(25-20(29)18-11-19(28)27-13(2)26-18)14-3-5-15(6-4-14)16-7-9-17(10-8-16)21(22,23)24/h3-10,12-13,18,26H,11H2,1-2H3,(H,25,29)(H,27,28)/t12-,13?,18?/m1/s1. The molecule has 154 valence electrons. The molecule has 2 amide bonds. The Kier molecular flexibility index (Phi) is 5.93. The highest BCUT2D eigenvalue weighted by molar-refractivity contribution is 5.89. The molecule has 2 aromatic carbocycles. The summed E-state index contributed by atoms with van der Waals surface area (Å²) in [6, 6.07) is 11.3. The van der Waals surface area contributed by atoms with Crippen molar-refractivity contribution < 1.29 is 22.8 Å². The van der Waals surface area contributed by atoms with Gasteiger partial charge in [0, 0.05) is 0 Å². The van der Waals surface area contributed by atoms with E-state index < -0.39 is 17.8 Å². The summed E-state index contributed by atoms with van der Waals surface area (Å²) in [5.74, 6) is -0.434. The largest absolute Gasteiger partial charge is 0.416 e. The fourth-order valence-electron chi connectivity index (χ4n) is 3.27. The van der Waals surface area contributed by atoms with Crippen LogP contribution >= 0.6 is 0 Å². The maximum absolute atomic E-state index is 12.7. The fourth-order valence-corrected chi connectivity index (χ4v) is 3.27. The van der Waals surface area contributed by atoms with Crippen LogP contribution in [0.3, 0.4) is 0 Å². The Balaban J connectivity index is 1.65. The van der Waals surface area contributed by atoms with Gasteiger partial charge in [-0.05, 0) is 42.7 Å². The van der Waals surface area contributed by atoms with Crippen LogP contribution in [0.1, 0.15) is 37.4 Å². The molecule has 0 aliphatic carbocycles. The zero-order valence-electron chi connectivity index (χ0n) is 16.0. The molecule has 1 saturated heterocycles. The summed E-state index contributed by atoms with van der Waals surface area (Å²) in [6.07, 6.45) is -4.55. The van der Waals surface area contributed by atoms with E-state index >= 15 is 0 Å². The van der Waals surface area contributed by atoms with Gasteiger partial charge in [-0.2, -0.15) is 13.2 Å². The molecule has 1 aliphatic rings. The van der Waals surface area contributed by atoms with E-state index in [2.05, 4.69) is 16.0 Å². The van der Waals surface area contributed by atoms with Gasteiger partial charge in [0.1, 0.15) is 0 Å². The van der Waals surface area contributed by atoms with E-state index in [-0.39, 0.29) is 30.4 Å². The van der Waals surface area contributed by atoms with Gasteiger partial charge >= 0.3 is 6.18 Å². The van der Waals surface area contributed by atoms with Gasteiger partial charge in [-0.1, -0.05) is 36.4 Å². The Morgan fingerprint density at radius 1 is 1.07 bits per heavy atom. The Labute approximate surface area is 166 Å². The van der Waals surface area contributed by atoms with Crippen LogP contribution in [-0.4, -0.2) is 24.0 Å². The van der Waals surface area contributed by atoms with Crippen molar-refractivity contribution in [3.63, 3.8) is 0 Å². The van der Waals surface area contributed by atoms with E-state index in [1.165, 1.54) is 12.1 Å². The number of carbonyl (C=O) groups excluding carboxylic acids is 2. The Bertz CT molecular complexity index is 880. The topological polar surface area (TPSA) is 70.2 Å². The van der Waals surface area contributed by atoms with E-state index in [0.29, 0.717) is 5.56 Å². The Morgan fingerprint density at radius 3 is 2.14 bits per heavy atom. The third-order valence-electron chi connectivity index (χ3n) is 4.85. The van der Waals surface area contributed by atoms with Gasteiger partial charge in [-0.3, -0.25) is 14.9 Å². The lowest BCUT2D eigenvalue weighted by Gasteiger charge is -2.29. The van der Waals surface area contributed by atoms with E-state index in [9.17, 15) is 22.8 Å². The van der Waals surface area contributed by atoms with Gasteiger partial charge < -0.3 is 10.6 Å². The molecule has 5 nitrogen and oxygen atoms in total. The predicted molar refractivity (Wildman–Crippen MR) is 103 cm³/mol. The van der Waals surface area contributed by atoms with E-state index in [4.69, 9.17) is 0 Å². The van der Waals surface area contributed by atoms with Crippen molar-refractivity contribution in [3.05, 3.63) is 59.7 Å². The zero-order chi connectivity index (χ0) is 21.2. The first-order chi connectivity index (χ1) is 13.6. The Morgan fingerprint density at radius 2 is 1.62 bits per heavy atom. The van der Waals surface area contributed by atoms with Crippen LogP contribution in [0.4, 0.5) is 13.2 Å². The lowest BCUT2D eigenvalue weighted by atomic mass is 10.00. The average Bonchev–Trinajstić information content (AvgIpc) is 2.66. The monoisotopic (exact) mass is 405 g/mol. The molecule has 3 rings (SSSR count). The number of alkyl halides is 3. The molecular weight excluding hydrogens is 383 g/mol. The molecule has 0 radical (unpaired) electrons. The minimum absolute atomic E-state index is 0.0791. The molecule has 2 aromatic rings. The molecular formula is C21H22F3N3O2. The average molecular weight is 405 g/mol. The first-order valence-corrected chi connectivity index (χ1v) is 9.27. The molecule has 1 fully saturated rings. The van der Waals surface area contributed by atoms with Crippen LogP contribution in [0.15, 0.2) is 48.5 Å². The minimum atomic E-state index is -4.36. The Hall–Kier alpha value is -2.87. The molecule has 8 heteroatoms. The summed E-state index contributed by atoms with van der Waals surface area (Å²) in [7, 11) is 0. The zero-order valence-corrected chi connectivity index (χ0v) is 16.0. The number of rotatable bonds is 4. The molecule has 0 bridgehead atoms. The SMILES string of the molecule is CC1NC(=O)CC(C(=O)N[C@H](C)c2ccc(-c3ccc(C(F)(F)F)cc3)cc2)N1. The number of amides is 2. The summed E-state index contributed by atoms with van der Waals surface area (Å²) >= 11 is 0. The van der Waals surface area contributed by atoms with Crippen molar-refractivity contribution in [2.24, 2.45) is 0 Å². The second kappa shape index (κ2) is 8.24. The highest BCUT2D eigenvalue weighted by atomic mass is 19.4. The summed E-state index contributed by atoms with van der Waals surface area (Å²) in [6.45, 7) is 3.60. The molecule has 3 atom stereocenters. The summed E-state index contributed by atoms with van der Waals surface area (Å²) in [4.78, 5) is 24.0. The fraction of sp³-hybridized carbons (Fsp3) is 0.333. The molecule has 2 unspecified atom stereocenters. The predicted octanol–water partition coefficient (Wildman–Crippen LogP) is 3.37. The quantitative estimate of drug-likeness (QED) is 0.731. The maximum atomic E-state index is 12.7. The van der Waals surface area contributed by atoms with Gasteiger partial charge in [0.2, 0.25) is 11.8 Å². The van der Waals surface area contributed by atoms with Gasteiger partial charge in [0.05, 0.1) is 30.2 Å². The molecule has 1 aliphatic heterocycles. The highest BCUT2D eigenvalue weighted by Crippen LogP contribution is 2.31. The molecule has 0 aromatic heterocycles. The second-order valence-electron chi connectivity index (χ2n) is 7.14. The van der Waals surface area contributed by atoms with Crippen molar-refractivity contribution in [1.29, 1.82) is 0 Å². The lowest BCUT2D eigenvalue weighted by Crippen LogP contribution is -2.59. The summed E-state index contributed by atoms with van der Waals surface area (Å²) in [5.41, 5.74) is 1.61. The number of carbonyl (C=O) groups is 2. The van der Waals surface area contributed by atoms with Crippen LogP contribution < -0.4 is 16.0 Å². The van der Waals surface area contributed by atoms with E-state index in [1.54, 1.807) is 19.1 Å². The van der Waals surface area contributed by atoms with Crippen molar-refractivity contribution in [1.82, 2.24) is 16.0 Å². The first kappa shape index (κ1) is 20.9. The van der Waals surface area contributed by atoms with Crippen LogP contribution in [0.25, 0.3) is 11.1 Å². The van der Waals surface area contributed by atoms with Crippen LogP contribution in [0.5, 0.6) is 0 Å². The number of benzene rings is 2. The lowest BCUT2D eigenvalue weighted by molar-refractivity contribution is -0.137. The highest BCUT2D eigenvalue weighted by Gasteiger charge is 2.30. The van der Waals surface area contributed by atoms with Gasteiger partial charge in [0.25, 0.3) is 0 Å². The molecule has 3 N–H and O–H groups in total. The molecule has 0 spiro atoms. The van der Waals surface area contributed by atoms with Crippen LogP contribution in [-0.2, 0) is 15.8 Å². The third-order valence-corrected chi connectivity index (χ3v) is 4.85. The molecule has 1 heterocycles. The van der Waals surface area contributed by atoms with Crippen LogP contribution in [0.2, 0.25) is 0 Å². The van der Waals surface area contributed by atoms with Crippen molar-refractivity contribution in [2.45, 2.75) is 44.7 Å². The van der Waals surface area contributed by atoms with Gasteiger partial charge in [0.15, 0.2) is 0 Å². The van der Waals surface area contributed by atoms with E-state index in [0.717, 1.165) is 23.3 Å². The number of halogens is 3. The maximum Gasteiger partial charge on any atom is 0.416 e. The summed E-state index contributed by atoms with van der Waals surface area (Å²) in [5, 5.41) is 8.60. The van der Waals surface area contributed by atoms with Crippen molar-refractivity contribution in [3.8, 4) is 11.1 Å². The second-order valence-corrected chi connectivity index (χ2v) is 7.14. The minimum Gasteiger partial charge on any atom is -0.348 e. The smallest absolute Gasteiger partial charge is 0.348 e. The molecule has 0 saturated carbocycles. The van der Waals surface area contributed by atoms with Gasteiger partial charge in [-0.15, -0.1) is 0 Å². The van der Waals surface area contributed by atoms with E-state index in [1.807, 2.05) is 19.1 Å². The first-order valence-electron chi connectivity index (χ1n) is 9.27. The van der Waals surface area contributed by atoms with Crippen LogP contribution in [0, 0.1) is 0 Å². The van der Waals surface area contributed by atoms with Crippen molar-refractivity contribution in [2.75, 3.05) is 0 Å². The number of hydrogen-bond acceptors (Lipinski definition) is 3. The third kappa shape index (κ3) is 5.14. The normalized spacial score (nSPS) is 20.7. The number of hydrogen-bond donors (Lipinski definition) is 3. The summed E-state index contributed by atoms with van der Waals surface area (Å²) < 4.78 is 38.1. The van der Waals surface area contributed by atoms with Gasteiger partial charge in [-0.25, -0.2) is 0 Å². The van der Waals surface area contributed by atoms with Crippen molar-refractivity contribution >= 4 is 11.8 Å².